The van der Waals surface area contributed by atoms with Crippen LogP contribution in [0.4, 0.5) is 0 Å². The number of allylic oxidation sites excluding steroid dienone is 2. The maximum atomic E-state index is 5.58. The van der Waals surface area contributed by atoms with Gasteiger partial charge in [0.15, 0.2) is 0 Å². The van der Waals surface area contributed by atoms with Crippen LogP contribution in [0.2, 0.25) is 0 Å². The molecule has 2 nitrogen and oxygen atoms in total. The van der Waals surface area contributed by atoms with Gasteiger partial charge in [-0.05, 0) is 36.1 Å². The third kappa shape index (κ3) is 2.26. The summed E-state index contributed by atoms with van der Waals surface area (Å²) in [5, 5.41) is 0. The number of ether oxygens (including phenoxy) is 2. The standard InChI is InChI=1S/C21H20O2/c1-22-19-7-3-5-15-9-11-21(13-17(15)19)12-10-16-6-4-8-20(23-2)18(16)14-21/h3-12H,13-14H2,1-2H3. The summed E-state index contributed by atoms with van der Waals surface area (Å²) in [7, 11) is 3.49. The van der Waals surface area contributed by atoms with Gasteiger partial charge in [0.2, 0.25) is 0 Å². The van der Waals surface area contributed by atoms with Gasteiger partial charge in [-0.15, -0.1) is 0 Å². The smallest absolute Gasteiger partial charge is 0.122 e. The molecule has 4 rings (SSSR count). The zero-order chi connectivity index (χ0) is 15.9. The average Bonchev–Trinajstić information content (AvgIpc) is 2.60. The van der Waals surface area contributed by atoms with E-state index in [0.29, 0.717) is 0 Å². The average molecular weight is 304 g/mol. The molecule has 0 heterocycles. The zero-order valence-electron chi connectivity index (χ0n) is 13.5. The lowest BCUT2D eigenvalue weighted by atomic mass is 9.69. The largest absolute Gasteiger partial charge is 0.496 e. The predicted octanol–water partition coefficient (Wildman–Crippen LogP) is 4.53. The number of benzene rings is 2. The second-order valence-corrected chi connectivity index (χ2v) is 6.31. The molecule has 0 amide bonds. The molecule has 2 aliphatic carbocycles. The summed E-state index contributed by atoms with van der Waals surface area (Å²) in [4.78, 5) is 0. The number of hydrogen-bond acceptors (Lipinski definition) is 2. The van der Waals surface area contributed by atoms with E-state index in [1.807, 2.05) is 12.1 Å². The van der Waals surface area contributed by atoms with Gasteiger partial charge < -0.3 is 9.47 Å². The predicted molar refractivity (Wildman–Crippen MR) is 93.9 cm³/mol. The van der Waals surface area contributed by atoms with E-state index in [9.17, 15) is 0 Å². The van der Waals surface area contributed by atoms with E-state index >= 15 is 0 Å². The molecule has 116 valence electrons. The van der Waals surface area contributed by atoms with Gasteiger partial charge in [-0.1, -0.05) is 48.6 Å². The van der Waals surface area contributed by atoms with Crippen molar-refractivity contribution in [3.05, 3.63) is 70.8 Å². The Kier molecular flexibility index (Phi) is 3.26. The van der Waals surface area contributed by atoms with Crippen molar-refractivity contribution < 1.29 is 9.47 Å². The van der Waals surface area contributed by atoms with Crippen LogP contribution >= 0.6 is 0 Å². The van der Waals surface area contributed by atoms with E-state index in [1.165, 1.54) is 22.3 Å². The lowest BCUT2D eigenvalue weighted by Crippen LogP contribution is -2.27. The minimum atomic E-state index is 0.00324. The lowest BCUT2D eigenvalue weighted by molar-refractivity contribution is 0.387. The molecule has 2 aliphatic rings. The Balaban J connectivity index is 1.78. The highest BCUT2D eigenvalue weighted by Crippen LogP contribution is 2.45. The molecule has 0 aromatic heterocycles. The van der Waals surface area contributed by atoms with Crippen molar-refractivity contribution in [3.8, 4) is 11.5 Å². The molecule has 2 heteroatoms. The SMILES string of the molecule is COc1cccc2c1CC1(C=C2)C=Cc2cccc(OC)c2C1. The van der Waals surface area contributed by atoms with Crippen molar-refractivity contribution in [1.82, 2.24) is 0 Å². The number of methoxy groups -OCH3 is 2. The van der Waals surface area contributed by atoms with Gasteiger partial charge in [-0.25, -0.2) is 0 Å². The molecule has 0 fully saturated rings. The molecule has 0 aliphatic heterocycles. The molecule has 1 spiro atoms. The first-order valence-corrected chi connectivity index (χ1v) is 7.95. The van der Waals surface area contributed by atoms with Crippen molar-refractivity contribution in [2.75, 3.05) is 14.2 Å². The van der Waals surface area contributed by atoms with Crippen LogP contribution in [0, 0.1) is 5.41 Å². The van der Waals surface area contributed by atoms with Gasteiger partial charge >= 0.3 is 0 Å². The highest BCUT2D eigenvalue weighted by Gasteiger charge is 2.34. The second kappa shape index (κ2) is 5.31. The van der Waals surface area contributed by atoms with Gasteiger partial charge in [0.25, 0.3) is 0 Å². The first-order valence-electron chi connectivity index (χ1n) is 7.95. The summed E-state index contributed by atoms with van der Waals surface area (Å²) < 4.78 is 11.2. The number of fused-ring (bicyclic) bond motifs is 2. The van der Waals surface area contributed by atoms with E-state index in [2.05, 4.69) is 48.6 Å². The fourth-order valence-electron chi connectivity index (χ4n) is 3.76. The molecule has 0 saturated heterocycles. The van der Waals surface area contributed by atoms with Crippen LogP contribution in [0.1, 0.15) is 22.3 Å². The maximum Gasteiger partial charge on any atom is 0.122 e. The van der Waals surface area contributed by atoms with Crippen LogP contribution in [-0.2, 0) is 12.8 Å². The van der Waals surface area contributed by atoms with Crippen LogP contribution in [0.15, 0.2) is 48.6 Å². The van der Waals surface area contributed by atoms with E-state index < -0.39 is 0 Å². The Bertz CT molecular complexity index is 745. The van der Waals surface area contributed by atoms with E-state index in [-0.39, 0.29) is 5.41 Å². The monoisotopic (exact) mass is 304 g/mol. The maximum absolute atomic E-state index is 5.58. The highest BCUT2D eigenvalue weighted by molar-refractivity contribution is 5.68. The van der Waals surface area contributed by atoms with Crippen molar-refractivity contribution in [1.29, 1.82) is 0 Å². The number of hydrogen-bond donors (Lipinski definition) is 0. The lowest BCUT2D eigenvalue weighted by Gasteiger charge is -2.35. The van der Waals surface area contributed by atoms with Crippen LogP contribution in [0.3, 0.4) is 0 Å². The van der Waals surface area contributed by atoms with Crippen LogP contribution < -0.4 is 9.47 Å². The van der Waals surface area contributed by atoms with Gasteiger partial charge in [0.1, 0.15) is 11.5 Å². The molecular weight excluding hydrogens is 284 g/mol. The van der Waals surface area contributed by atoms with Crippen molar-refractivity contribution in [2.45, 2.75) is 12.8 Å². The second-order valence-electron chi connectivity index (χ2n) is 6.31. The molecule has 23 heavy (non-hydrogen) atoms. The summed E-state index contributed by atoms with van der Waals surface area (Å²) in [5.41, 5.74) is 5.10. The van der Waals surface area contributed by atoms with E-state index in [0.717, 1.165) is 24.3 Å². The molecule has 0 unspecified atom stereocenters. The first-order chi connectivity index (χ1) is 11.2. The summed E-state index contributed by atoms with van der Waals surface area (Å²) in [5.74, 6) is 1.95. The van der Waals surface area contributed by atoms with Gasteiger partial charge in [-0.2, -0.15) is 0 Å². The Morgan fingerprint density at radius 3 is 1.65 bits per heavy atom. The Hall–Kier alpha value is -2.48. The first kappa shape index (κ1) is 14.1. The minimum Gasteiger partial charge on any atom is -0.496 e. The molecule has 2 aromatic rings. The van der Waals surface area contributed by atoms with E-state index in [1.54, 1.807) is 14.2 Å². The van der Waals surface area contributed by atoms with Crippen LogP contribution in [0.25, 0.3) is 12.2 Å². The van der Waals surface area contributed by atoms with Crippen molar-refractivity contribution in [2.24, 2.45) is 5.41 Å². The quantitative estimate of drug-likeness (QED) is 0.811. The van der Waals surface area contributed by atoms with Crippen molar-refractivity contribution in [3.63, 3.8) is 0 Å². The third-order valence-electron chi connectivity index (χ3n) is 4.98. The molecule has 0 bridgehead atoms. The normalized spacial score (nSPS) is 16.8. The van der Waals surface area contributed by atoms with Gasteiger partial charge in [0, 0.05) is 16.5 Å². The molecule has 0 atom stereocenters. The van der Waals surface area contributed by atoms with E-state index in [4.69, 9.17) is 9.47 Å². The topological polar surface area (TPSA) is 18.5 Å². The fourth-order valence-corrected chi connectivity index (χ4v) is 3.76. The van der Waals surface area contributed by atoms with Crippen LogP contribution in [0.5, 0.6) is 11.5 Å². The Morgan fingerprint density at radius 1 is 0.739 bits per heavy atom. The summed E-state index contributed by atoms with van der Waals surface area (Å²) in [6.07, 6.45) is 11.0. The Morgan fingerprint density at radius 2 is 1.22 bits per heavy atom. The Labute approximate surface area is 137 Å². The molecule has 0 N–H and O–H groups in total. The summed E-state index contributed by atoms with van der Waals surface area (Å²) >= 11 is 0. The summed E-state index contributed by atoms with van der Waals surface area (Å²) in [6.45, 7) is 0. The van der Waals surface area contributed by atoms with Gasteiger partial charge in [0.05, 0.1) is 14.2 Å². The van der Waals surface area contributed by atoms with Crippen molar-refractivity contribution >= 4 is 12.2 Å². The molecule has 0 radical (unpaired) electrons. The van der Waals surface area contributed by atoms with Crippen LogP contribution in [-0.4, -0.2) is 14.2 Å². The highest BCUT2D eigenvalue weighted by atomic mass is 16.5. The molecule has 0 saturated carbocycles. The number of rotatable bonds is 2. The summed E-state index contributed by atoms with van der Waals surface area (Å²) in [6, 6.07) is 12.5. The molecule has 2 aromatic carbocycles. The minimum absolute atomic E-state index is 0.00324. The fraction of sp³-hybridized carbons (Fsp3) is 0.238. The van der Waals surface area contributed by atoms with Gasteiger partial charge in [-0.3, -0.25) is 0 Å². The zero-order valence-corrected chi connectivity index (χ0v) is 13.5. The third-order valence-corrected chi connectivity index (χ3v) is 4.98. The molecular formula is C21H20O2.